The van der Waals surface area contributed by atoms with Gasteiger partial charge in [0.25, 0.3) is 0 Å². The van der Waals surface area contributed by atoms with Crippen molar-refractivity contribution in [3.8, 4) is 6.07 Å². The monoisotopic (exact) mass is 380 g/mol. The average Bonchev–Trinajstić information content (AvgIpc) is 3.03. The third kappa shape index (κ3) is 4.41. The molecule has 138 valence electrons. The van der Waals surface area contributed by atoms with Gasteiger partial charge in [-0.2, -0.15) is 5.26 Å². The van der Waals surface area contributed by atoms with E-state index >= 15 is 0 Å². The highest BCUT2D eigenvalue weighted by Crippen LogP contribution is 2.36. The van der Waals surface area contributed by atoms with Crippen molar-refractivity contribution in [1.82, 2.24) is 9.88 Å². The summed E-state index contributed by atoms with van der Waals surface area (Å²) in [6, 6.07) is 5.86. The number of fused-ring (bicyclic) bond motifs is 1. The summed E-state index contributed by atoms with van der Waals surface area (Å²) < 4.78 is 0. The number of carbonyl (C=O) groups is 2. The number of nitriles is 1. The van der Waals surface area contributed by atoms with Crippen molar-refractivity contribution in [2.24, 2.45) is 0 Å². The number of thiophene rings is 1. The average molecular weight is 380 g/mol. The number of carbonyl (C=O) groups excluding carboxylic acids is 2. The molecular weight excluding hydrogens is 360 g/mol. The van der Waals surface area contributed by atoms with E-state index in [-0.39, 0.29) is 11.8 Å². The van der Waals surface area contributed by atoms with Crippen molar-refractivity contribution in [2.75, 3.05) is 11.9 Å². The second-order valence-electron chi connectivity index (χ2n) is 6.24. The van der Waals surface area contributed by atoms with Crippen LogP contribution in [0.5, 0.6) is 0 Å². The predicted molar refractivity (Wildman–Crippen MR) is 105 cm³/mol. The molecule has 3 heterocycles. The first-order valence-corrected chi connectivity index (χ1v) is 9.65. The molecule has 0 aromatic carbocycles. The summed E-state index contributed by atoms with van der Waals surface area (Å²) in [4.78, 5) is 31.2. The second kappa shape index (κ2) is 8.60. The molecular formula is C20H20N4O2S. The molecule has 0 fully saturated rings. The lowest BCUT2D eigenvalue weighted by molar-refractivity contribution is -0.132. The Bertz CT molecular complexity index is 912. The van der Waals surface area contributed by atoms with E-state index in [9.17, 15) is 14.9 Å². The van der Waals surface area contributed by atoms with E-state index in [4.69, 9.17) is 0 Å². The number of nitrogens with zero attached hydrogens (tertiary/aromatic N) is 3. The lowest BCUT2D eigenvalue weighted by Gasteiger charge is -2.26. The molecule has 3 rings (SSSR count). The van der Waals surface area contributed by atoms with Gasteiger partial charge in [-0.05, 0) is 36.1 Å². The summed E-state index contributed by atoms with van der Waals surface area (Å²) in [5, 5.41) is 12.9. The number of nitrogens with one attached hydrogen (secondary N) is 1. The van der Waals surface area contributed by atoms with Crippen LogP contribution < -0.4 is 5.32 Å². The quantitative estimate of drug-likeness (QED) is 0.806. The maximum atomic E-state index is 12.2. The van der Waals surface area contributed by atoms with Crippen molar-refractivity contribution in [1.29, 1.82) is 5.26 Å². The topological polar surface area (TPSA) is 86.1 Å². The molecule has 1 aliphatic heterocycles. The molecule has 0 atom stereocenters. The summed E-state index contributed by atoms with van der Waals surface area (Å²) in [5.41, 5.74) is 2.29. The van der Waals surface area contributed by atoms with Crippen molar-refractivity contribution in [3.63, 3.8) is 0 Å². The van der Waals surface area contributed by atoms with Crippen LogP contribution in [0, 0.1) is 11.3 Å². The lowest BCUT2D eigenvalue weighted by atomic mass is 10.0. The van der Waals surface area contributed by atoms with Gasteiger partial charge in [0, 0.05) is 36.3 Å². The Labute approximate surface area is 162 Å². The van der Waals surface area contributed by atoms with Crippen molar-refractivity contribution in [3.05, 3.63) is 52.2 Å². The standard InChI is InChI=1S/C20H20N4O2S/c1-2-4-19(26)24-10-8-15-16(11-21)20(27-17(15)13-24)23-18(25)7-6-14-5-3-9-22-12-14/h3,5-7,9,12H,2,4,8,10,13H2,1H3,(H,23,25)/b7-6+. The van der Waals surface area contributed by atoms with Crippen molar-refractivity contribution >= 4 is 34.2 Å². The molecule has 0 saturated carbocycles. The maximum Gasteiger partial charge on any atom is 0.249 e. The van der Waals surface area contributed by atoms with Gasteiger partial charge in [0.05, 0.1) is 12.1 Å². The normalized spacial score (nSPS) is 13.3. The molecule has 2 aromatic rings. The zero-order chi connectivity index (χ0) is 19.2. The number of anilines is 1. The van der Waals surface area contributed by atoms with E-state index in [0.717, 1.165) is 22.4 Å². The number of amides is 2. The van der Waals surface area contributed by atoms with Gasteiger partial charge >= 0.3 is 0 Å². The van der Waals surface area contributed by atoms with Crippen LogP contribution in [0.25, 0.3) is 6.08 Å². The number of rotatable bonds is 5. The highest BCUT2D eigenvalue weighted by molar-refractivity contribution is 7.16. The van der Waals surface area contributed by atoms with Gasteiger partial charge in [0.1, 0.15) is 11.1 Å². The Hall–Kier alpha value is -2.98. The lowest BCUT2D eigenvalue weighted by Crippen LogP contribution is -2.35. The first-order chi connectivity index (χ1) is 13.1. The minimum atomic E-state index is -0.298. The summed E-state index contributed by atoms with van der Waals surface area (Å²) >= 11 is 1.38. The molecule has 2 aromatic heterocycles. The van der Waals surface area contributed by atoms with Crippen LogP contribution in [0.15, 0.2) is 30.6 Å². The fraction of sp³-hybridized carbons (Fsp3) is 0.300. The van der Waals surface area contributed by atoms with E-state index < -0.39 is 0 Å². The molecule has 0 radical (unpaired) electrons. The molecule has 27 heavy (non-hydrogen) atoms. The summed E-state index contributed by atoms with van der Waals surface area (Å²) in [6.07, 6.45) is 8.43. The van der Waals surface area contributed by atoms with E-state index in [1.807, 2.05) is 17.9 Å². The fourth-order valence-corrected chi connectivity index (χ4v) is 4.21. The number of pyridine rings is 1. The Morgan fingerprint density at radius 1 is 1.48 bits per heavy atom. The highest BCUT2D eigenvalue weighted by Gasteiger charge is 2.26. The molecule has 0 bridgehead atoms. The number of hydrogen-bond donors (Lipinski definition) is 1. The van der Waals surface area contributed by atoms with Gasteiger partial charge < -0.3 is 10.2 Å². The summed E-state index contributed by atoms with van der Waals surface area (Å²) in [6.45, 7) is 3.11. The van der Waals surface area contributed by atoms with Crippen LogP contribution in [0.2, 0.25) is 0 Å². The van der Waals surface area contributed by atoms with Gasteiger partial charge in [-0.25, -0.2) is 0 Å². The van der Waals surface area contributed by atoms with Crippen molar-refractivity contribution < 1.29 is 9.59 Å². The third-order valence-electron chi connectivity index (χ3n) is 4.33. The summed E-state index contributed by atoms with van der Waals surface area (Å²) in [7, 11) is 0. The Kier molecular flexibility index (Phi) is 5.99. The molecule has 1 N–H and O–H groups in total. The highest BCUT2D eigenvalue weighted by atomic mass is 32.1. The van der Waals surface area contributed by atoms with Gasteiger partial charge in [-0.1, -0.05) is 13.0 Å². The van der Waals surface area contributed by atoms with Crippen LogP contribution in [-0.4, -0.2) is 28.2 Å². The maximum absolute atomic E-state index is 12.2. The minimum Gasteiger partial charge on any atom is -0.337 e. The van der Waals surface area contributed by atoms with Crippen LogP contribution in [0.4, 0.5) is 5.00 Å². The third-order valence-corrected chi connectivity index (χ3v) is 5.47. The van der Waals surface area contributed by atoms with Crippen molar-refractivity contribution in [2.45, 2.75) is 32.7 Å². The fourth-order valence-electron chi connectivity index (χ4n) is 2.99. The molecule has 7 heteroatoms. The van der Waals surface area contributed by atoms with Crippen LogP contribution in [0.1, 0.15) is 41.3 Å². The van der Waals surface area contributed by atoms with Gasteiger partial charge in [0.2, 0.25) is 11.8 Å². The first-order valence-electron chi connectivity index (χ1n) is 8.84. The Morgan fingerprint density at radius 2 is 2.33 bits per heavy atom. The molecule has 0 aliphatic carbocycles. The Balaban J connectivity index is 1.74. The first kappa shape index (κ1) is 18.8. The number of hydrogen-bond acceptors (Lipinski definition) is 5. The van der Waals surface area contributed by atoms with Gasteiger partial charge in [-0.3, -0.25) is 14.6 Å². The zero-order valence-electron chi connectivity index (χ0n) is 15.1. The molecule has 0 spiro atoms. The molecule has 0 saturated heterocycles. The van der Waals surface area contributed by atoms with Crippen LogP contribution in [0.3, 0.4) is 0 Å². The Morgan fingerprint density at radius 3 is 3.04 bits per heavy atom. The SMILES string of the molecule is CCCC(=O)N1CCc2c(sc(NC(=O)/C=C/c3cccnc3)c2C#N)C1. The largest absolute Gasteiger partial charge is 0.337 e. The molecule has 0 unspecified atom stereocenters. The minimum absolute atomic E-state index is 0.139. The molecule has 6 nitrogen and oxygen atoms in total. The molecule has 1 aliphatic rings. The smallest absolute Gasteiger partial charge is 0.249 e. The summed E-state index contributed by atoms with van der Waals surface area (Å²) in [5.74, 6) is -0.159. The predicted octanol–water partition coefficient (Wildman–Crippen LogP) is 3.35. The van der Waals surface area contributed by atoms with E-state index in [1.54, 1.807) is 24.5 Å². The molecule has 2 amide bonds. The van der Waals surface area contributed by atoms with E-state index in [1.165, 1.54) is 17.4 Å². The van der Waals surface area contributed by atoms with E-state index in [0.29, 0.717) is 36.5 Å². The van der Waals surface area contributed by atoms with Gasteiger partial charge in [0.15, 0.2) is 0 Å². The van der Waals surface area contributed by atoms with Crippen LogP contribution in [-0.2, 0) is 22.6 Å². The zero-order valence-corrected chi connectivity index (χ0v) is 15.9. The van der Waals surface area contributed by atoms with Gasteiger partial charge in [-0.15, -0.1) is 11.3 Å². The van der Waals surface area contributed by atoms with Crippen LogP contribution >= 0.6 is 11.3 Å². The second-order valence-corrected chi connectivity index (χ2v) is 7.35. The van der Waals surface area contributed by atoms with E-state index in [2.05, 4.69) is 16.4 Å². The number of aromatic nitrogens is 1.